The predicted molar refractivity (Wildman–Crippen MR) is 93.2 cm³/mol. The number of fused-ring (bicyclic) bond motifs is 1. The van der Waals surface area contributed by atoms with Gasteiger partial charge in [-0.15, -0.1) is 11.0 Å². The fourth-order valence-corrected chi connectivity index (χ4v) is 3.09. The van der Waals surface area contributed by atoms with Crippen LogP contribution in [0, 0.1) is 23.2 Å². The van der Waals surface area contributed by atoms with Crippen LogP contribution in [0.5, 0.6) is 0 Å². The number of piperazine rings is 1. The number of aromatic amines is 1. The third-order valence-corrected chi connectivity index (χ3v) is 4.28. The molecule has 1 unspecified atom stereocenters. The van der Waals surface area contributed by atoms with Crippen LogP contribution in [0.25, 0.3) is 0 Å². The second-order valence-corrected chi connectivity index (χ2v) is 6.09. The number of carbonyl (C=O) groups excluding carboxylic acids is 1. The summed E-state index contributed by atoms with van der Waals surface area (Å²) in [6, 6.07) is 1.63. The highest BCUT2D eigenvalue weighted by Gasteiger charge is 2.50. The Morgan fingerprint density at radius 3 is 2.66 bits per heavy atom. The highest BCUT2D eigenvalue weighted by Crippen LogP contribution is 2.37. The Morgan fingerprint density at radius 1 is 1.38 bits per heavy atom. The Morgan fingerprint density at radius 2 is 2.07 bits per heavy atom. The highest BCUT2D eigenvalue weighted by atomic mass is 19.4. The Balaban J connectivity index is 2.13. The van der Waals surface area contributed by atoms with Crippen LogP contribution in [0.3, 0.4) is 0 Å². The second kappa shape index (κ2) is 7.98. The first-order chi connectivity index (χ1) is 13.8. The van der Waals surface area contributed by atoms with E-state index in [1.807, 2.05) is 0 Å². The van der Waals surface area contributed by atoms with Crippen LogP contribution in [0.4, 0.5) is 24.7 Å². The number of aromatic nitrogens is 2. The van der Waals surface area contributed by atoms with Crippen LogP contribution in [-0.4, -0.2) is 66.0 Å². The predicted octanol–water partition coefficient (Wildman–Crippen LogP) is -0.499. The number of alkyl halides is 3. The summed E-state index contributed by atoms with van der Waals surface area (Å²) >= 11 is 0. The summed E-state index contributed by atoms with van der Waals surface area (Å²) in [5.74, 6) is 2.17. The minimum absolute atomic E-state index is 0.0329. The Hall–Kier alpha value is -3.29. The van der Waals surface area contributed by atoms with Gasteiger partial charge in [-0.2, -0.15) is 23.4 Å². The summed E-state index contributed by atoms with van der Waals surface area (Å²) < 4.78 is 38.6. The maximum absolute atomic E-state index is 12.9. The molecule has 0 aromatic carbocycles. The van der Waals surface area contributed by atoms with E-state index in [0.717, 1.165) is 0 Å². The second-order valence-electron chi connectivity index (χ2n) is 6.09. The van der Waals surface area contributed by atoms with Crippen LogP contribution < -0.4 is 20.8 Å². The molecule has 10 nitrogen and oxygen atoms in total. The van der Waals surface area contributed by atoms with Crippen LogP contribution in [0.2, 0.25) is 0 Å². The Bertz CT molecular complexity index is 954. The smallest absolute Gasteiger partial charge is 0.327 e. The zero-order chi connectivity index (χ0) is 21.2. The molecule has 1 fully saturated rings. The van der Waals surface area contributed by atoms with Crippen molar-refractivity contribution >= 4 is 17.5 Å². The van der Waals surface area contributed by atoms with Gasteiger partial charge in [-0.1, -0.05) is 5.92 Å². The topological polar surface area (TPSA) is 118 Å². The lowest BCUT2D eigenvalue weighted by Crippen LogP contribution is -2.61. The molecule has 0 amide bonds. The Labute approximate surface area is 162 Å². The highest BCUT2D eigenvalue weighted by molar-refractivity contribution is 5.80. The van der Waals surface area contributed by atoms with Gasteiger partial charge in [-0.05, 0) is 6.92 Å². The van der Waals surface area contributed by atoms with E-state index < -0.39 is 29.8 Å². The van der Waals surface area contributed by atoms with Gasteiger partial charge in [0.2, 0.25) is 5.82 Å². The number of nitrogens with zero attached hydrogens (tertiary/aromatic N) is 5. The number of nitrogens with one attached hydrogen (secondary N) is 2. The molecular weight excluding hydrogens is 395 g/mol. The quantitative estimate of drug-likeness (QED) is 0.635. The third-order valence-electron chi connectivity index (χ3n) is 4.28. The molecule has 0 radical (unpaired) electrons. The molecule has 2 aliphatic heterocycles. The number of hydrogen-bond acceptors (Lipinski definition) is 9. The molecule has 1 saturated heterocycles. The van der Waals surface area contributed by atoms with E-state index in [2.05, 4.69) is 32.0 Å². The van der Waals surface area contributed by atoms with Crippen molar-refractivity contribution in [2.45, 2.75) is 19.4 Å². The summed E-state index contributed by atoms with van der Waals surface area (Å²) in [4.78, 5) is 38.0. The van der Waals surface area contributed by atoms with Gasteiger partial charge >= 0.3 is 12.1 Å². The van der Waals surface area contributed by atoms with Crippen LogP contribution in [0.1, 0.15) is 12.7 Å². The average Bonchev–Trinajstić information content (AvgIpc) is 2.99. The van der Waals surface area contributed by atoms with Crippen LogP contribution in [-0.2, 0) is 9.63 Å². The molecule has 3 rings (SSSR count). The molecule has 1 atom stereocenters. The zero-order valence-electron chi connectivity index (χ0n) is 15.2. The SMILES string of the molecule is CC#CCN1c2c(nc(C#N)[nH]c2=O)N(OC(=O)C(F)(F)F)C1N1CCNCC1. The summed E-state index contributed by atoms with van der Waals surface area (Å²) in [6.07, 6.45) is -6.34. The number of halogens is 3. The van der Waals surface area contributed by atoms with Gasteiger partial charge < -0.3 is 15.1 Å². The lowest BCUT2D eigenvalue weighted by Gasteiger charge is -2.40. The minimum Gasteiger partial charge on any atom is -0.327 e. The molecule has 0 aliphatic carbocycles. The molecule has 2 N–H and O–H groups in total. The maximum atomic E-state index is 12.9. The number of anilines is 2. The first kappa shape index (κ1) is 20.4. The fourth-order valence-electron chi connectivity index (χ4n) is 3.09. The van der Waals surface area contributed by atoms with Crippen molar-refractivity contribution in [1.82, 2.24) is 20.2 Å². The van der Waals surface area contributed by atoms with E-state index in [9.17, 15) is 22.8 Å². The number of carbonyl (C=O) groups is 1. The molecule has 29 heavy (non-hydrogen) atoms. The largest absolute Gasteiger partial charge is 0.493 e. The number of rotatable bonds is 3. The van der Waals surface area contributed by atoms with Crippen molar-refractivity contribution in [3.63, 3.8) is 0 Å². The van der Waals surface area contributed by atoms with Gasteiger partial charge in [0.15, 0.2) is 17.8 Å². The van der Waals surface area contributed by atoms with Gasteiger partial charge in [-0.3, -0.25) is 14.7 Å². The lowest BCUT2D eigenvalue weighted by atomic mass is 10.3. The summed E-state index contributed by atoms with van der Waals surface area (Å²) in [5, 5.41) is 12.8. The maximum Gasteiger partial charge on any atom is 0.493 e. The molecular formula is C16H16F3N7O3. The third kappa shape index (κ3) is 3.96. The van der Waals surface area contributed by atoms with Gasteiger partial charge in [0.25, 0.3) is 5.56 Å². The normalized spacial score (nSPS) is 19.2. The van der Waals surface area contributed by atoms with Gasteiger partial charge in [-0.25, -0.2) is 4.79 Å². The lowest BCUT2D eigenvalue weighted by molar-refractivity contribution is -0.203. The van der Waals surface area contributed by atoms with E-state index in [1.165, 1.54) is 4.90 Å². The molecule has 3 heterocycles. The molecule has 0 saturated carbocycles. The molecule has 2 aliphatic rings. The van der Waals surface area contributed by atoms with E-state index >= 15 is 0 Å². The number of hydroxylamine groups is 1. The molecule has 13 heteroatoms. The van der Waals surface area contributed by atoms with Crippen molar-refractivity contribution in [3.05, 3.63) is 16.2 Å². The van der Waals surface area contributed by atoms with Crippen molar-refractivity contribution < 1.29 is 22.8 Å². The van der Waals surface area contributed by atoms with Crippen LogP contribution in [0.15, 0.2) is 4.79 Å². The summed E-state index contributed by atoms with van der Waals surface area (Å²) in [5.41, 5.74) is -0.889. The summed E-state index contributed by atoms with van der Waals surface area (Å²) in [6.45, 7) is 3.41. The van der Waals surface area contributed by atoms with Crippen molar-refractivity contribution in [2.75, 3.05) is 42.7 Å². The van der Waals surface area contributed by atoms with Crippen molar-refractivity contribution in [1.29, 1.82) is 5.26 Å². The van der Waals surface area contributed by atoms with E-state index in [0.29, 0.717) is 31.2 Å². The number of nitriles is 1. The molecule has 1 aromatic heterocycles. The fraction of sp³-hybridized carbons (Fsp3) is 0.500. The van der Waals surface area contributed by atoms with Crippen LogP contribution >= 0.6 is 0 Å². The van der Waals surface area contributed by atoms with E-state index in [-0.39, 0.29) is 18.1 Å². The first-order valence-electron chi connectivity index (χ1n) is 8.51. The van der Waals surface area contributed by atoms with Gasteiger partial charge in [0, 0.05) is 26.2 Å². The number of H-pyrrole nitrogens is 1. The van der Waals surface area contributed by atoms with Crippen molar-refractivity contribution in [2.24, 2.45) is 0 Å². The van der Waals surface area contributed by atoms with Crippen molar-refractivity contribution in [3.8, 4) is 17.9 Å². The summed E-state index contributed by atoms with van der Waals surface area (Å²) in [7, 11) is 0. The molecule has 0 spiro atoms. The number of hydrogen-bond donors (Lipinski definition) is 2. The zero-order valence-corrected chi connectivity index (χ0v) is 15.2. The minimum atomic E-state index is -5.26. The monoisotopic (exact) mass is 411 g/mol. The average molecular weight is 411 g/mol. The first-order valence-corrected chi connectivity index (χ1v) is 8.51. The Kier molecular flexibility index (Phi) is 5.63. The molecule has 0 bridgehead atoms. The molecule has 154 valence electrons. The van der Waals surface area contributed by atoms with E-state index in [4.69, 9.17) is 5.26 Å². The molecule has 1 aromatic rings. The standard InChI is InChI=1S/C16H16F3N7O3/c1-2-3-6-25-11-12(22-10(9-20)23-13(11)27)26(29-14(28)16(17,18)19)15(25)24-7-4-21-5-8-24/h15,21H,4-8H2,1H3,(H,22,23,27). The van der Waals surface area contributed by atoms with Gasteiger partial charge in [0.1, 0.15) is 6.07 Å². The van der Waals surface area contributed by atoms with Gasteiger partial charge in [0.05, 0.1) is 6.54 Å². The van der Waals surface area contributed by atoms with E-state index in [1.54, 1.807) is 17.9 Å².